The van der Waals surface area contributed by atoms with E-state index in [1.165, 1.54) is 18.2 Å². The molecule has 2 aromatic rings. The molecule has 0 atom stereocenters. The van der Waals surface area contributed by atoms with Gasteiger partial charge in [-0.2, -0.15) is 34.1 Å². The van der Waals surface area contributed by atoms with E-state index in [1.807, 2.05) is 0 Å². The number of fused-ring (bicyclic) bond motifs is 1. The van der Waals surface area contributed by atoms with E-state index in [-0.39, 0.29) is 23.4 Å². The van der Waals surface area contributed by atoms with Crippen LogP contribution in [0.2, 0.25) is 0 Å². The molecule has 0 spiro atoms. The van der Waals surface area contributed by atoms with Crippen molar-refractivity contribution in [1.29, 1.82) is 15.8 Å². The quantitative estimate of drug-likeness (QED) is 0.616. The predicted molar refractivity (Wildman–Crippen MR) is 92.7 cm³/mol. The maximum absolute atomic E-state index is 13.8. The number of nitrogens with one attached hydrogen (secondary N) is 1. The van der Waals surface area contributed by atoms with E-state index in [2.05, 4.69) is 10.4 Å². The summed E-state index contributed by atoms with van der Waals surface area (Å²) < 4.78 is 55.3. The minimum atomic E-state index is -4.65. The molecule has 1 aliphatic rings. The second-order valence-corrected chi connectivity index (χ2v) is 6.26. The lowest BCUT2D eigenvalue weighted by Crippen LogP contribution is -2.11. The van der Waals surface area contributed by atoms with E-state index in [0.717, 1.165) is 16.8 Å². The molecule has 146 valence electrons. The molecule has 0 saturated carbocycles. The molecule has 0 fully saturated rings. The number of allylic oxidation sites excluding steroid dienone is 2. The van der Waals surface area contributed by atoms with Gasteiger partial charge >= 0.3 is 6.18 Å². The van der Waals surface area contributed by atoms with Crippen LogP contribution in [0, 0.1) is 39.8 Å². The largest absolute Gasteiger partial charge is 0.435 e. The average molecular weight is 400 g/mol. The maximum atomic E-state index is 13.8. The molecule has 0 radical (unpaired) electrons. The third-order valence-corrected chi connectivity index (χ3v) is 4.48. The molecule has 6 nitrogen and oxygen atoms in total. The van der Waals surface area contributed by atoms with Crippen molar-refractivity contribution in [2.45, 2.75) is 31.9 Å². The Morgan fingerprint density at radius 2 is 1.76 bits per heavy atom. The highest BCUT2D eigenvalue weighted by Gasteiger charge is 2.40. The van der Waals surface area contributed by atoms with Crippen molar-refractivity contribution in [2.75, 3.05) is 5.32 Å². The Morgan fingerprint density at radius 3 is 2.38 bits per heavy atom. The third kappa shape index (κ3) is 3.76. The Kier molecular flexibility index (Phi) is 5.25. The molecule has 0 aliphatic heterocycles. The minimum Gasteiger partial charge on any atom is -0.343 e. The van der Waals surface area contributed by atoms with Gasteiger partial charge in [-0.15, -0.1) is 0 Å². The number of benzene rings is 1. The lowest BCUT2D eigenvalue weighted by molar-refractivity contribution is -0.142. The molecule has 1 aromatic carbocycles. The van der Waals surface area contributed by atoms with Crippen LogP contribution >= 0.6 is 0 Å². The van der Waals surface area contributed by atoms with Gasteiger partial charge in [0.25, 0.3) is 0 Å². The van der Waals surface area contributed by atoms with Gasteiger partial charge in [0.2, 0.25) is 0 Å². The summed E-state index contributed by atoms with van der Waals surface area (Å²) in [5, 5.41) is 33.4. The molecular formula is C19H12F4N6. The van der Waals surface area contributed by atoms with Crippen LogP contribution in [0.3, 0.4) is 0 Å². The molecule has 1 aromatic heterocycles. The number of hydrogen-bond acceptors (Lipinski definition) is 5. The molecule has 3 rings (SSSR count). The molecule has 0 amide bonds. The second kappa shape index (κ2) is 7.65. The Labute approximate surface area is 162 Å². The fourth-order valence-electron chi connectivity index (χ4n) is 3.24. The summed E-state index contributed by atoms with van der Waals surface area (Å²) in [6.07, 6.45) is -2.78. The second-order valence-electron chi connectivity index (χ2n) is 6.26. The van der Waals surface area contributed by atoms with Crippen molar-refractivity contribution >= 4 is 5.69 Å². The Hall–Kier alpha value is -3.84. The van der Waals surface area contributed by atoms with Gasteiger partial charge in [0, 0.05) is 11.3 Å². The Bertz CT molecular complexity index is 1110. The van der Waals surface area contributed by atoms with Crippen LogP contribution in [0.25, 0.3) is 5.69 Å². The van der Waals surface area contributed by atoms with Gasteiger partial charge in [0.05, 0.1) is 11.4 Å². The third-order valence-electron chi connectivity index (χ3n) is 4.48. The topological polar surface area (TPSA) is 101 Å². The first-order valence-electron chi connectivity index (χ1n) is 8.49. The molecular weight excluding hydrogens is 388 g/mol. The van der Waals surface area contributed by atoms with E-state index in [1.54, 1.807) is 6.07 Å². The van der Waals surface area contributed by atoms with Crippen LogP contribution in [0.15, 0.2) is 29.5 Å². The van der Waals surface area contributed by atoms with Crippen molar-refractivity contribution in [3.8, 4) is 23.9 Å². The highest BCUT2D eigenvalue weighted by Crippen LogP contribution is 2.38. The average Bonchev–Trinajstić information content (AvgIpc) is 3.08. The summed E-state index contributed by atoms with van der Waals surface area (Å²) in [6, 6.07) is 7.95. The van der Waals surface area contributed by atoms with Crippen molar-refractivity contribution in [3.63, 3.8) is 0 Å². The van der Waals surface area contributed by atoms with Gasteiger partial charge in [-0.25, -0.2) is 9.07 Å². The molecule has 0 bridgehead atoms. The number of nitriles is 3. The van der Waals surface area contributed by atoms with Crippen LogP contribution < -0.4 is 5.32 Å². The standard InChI is InChI=1S/C19H12F4N6/c20-12-5-6-17(14(7-12)27-15(10-26)11(8-24)9-25)29-16-4-2-1-3-13(16)18(28-29)19(21,22)23/h5-7,27H,1-4H2. The van der Waals surface area contributed by atoms with E-state index < -0.39 is 29.0 Å². The number of rotatable bonds is 3. The van der Waals surface area contributed by atoms with Gasteiger partial charge in [-0.3, -0.25) is 0 Å². The van der Waals surface area contributed by atoms with E-state index in [9.17, 15) is 22.8 Å². The molecule has 1 heterocycles. The first kappa shape index (κ1) is 19.9. The summed E-state index contributed by atoms with van der Waals surface area (Å²) in [7, 11) is 0. The predicted octanol–water partition coefficient (Wildman–Crippen LogP) is 4.15. The Morgan fingerprint density at radius 1 is 1.07 bits per heavy atom. The molecule has 0 unspecified atom stereocenters. The number of halogens is 4. The number of hydrogen-bond donors (Lipinski definition) is 1. The number of nitrogens with zero attached hydrogens (tertiary/aromatic N) is 5. The van der Waals surface area contributed by atoms with Crippen molar-refractivity contribution in [2.24, 2.45) is 0 Å². The van der Waals surface area contributed by atoms with Crippen molar-refractivity contribution in [3.05, 3.63) is 52.2 Å². The smallest absolute Gasteiger partial charge is 0.343 e. The molecule has 1 aliphatic carbocycles. The van der Waals surface area contributed by atoms with Crippen LogP contribution in [0.4, 0.5) is 23.2 Å². The van der Waals surface area contributed by atoms with Crippen LogP contribution in [-0.4, -0.2) is 9.78 Å². The van der Waals surface area contributed by atoms with Crippen molar-refractivity contribution in [1.82, 2.24) is 9.78 Å². The van der Waals surface area contributed by atoms with Crippen LogP contribution in [-0.2, 0) is 19.0 Å². The summed E-state index contributed by atoms with van der Waals surface area (Å²) in [4.78, 5) is 0. The molecule has 29 heavy (non-hydrogen) atoms. The van der Waals surface area contributed by atoms with Gasteiger partial charge in [0.15, 0.2) is 11.3 Å². The first-order chi connectivity index (χ1) is 13.8. The highest BCUT2D eigenvalue weighted by molar-refractivity contribution is 5.68. The molecule has 1 N–H and O–H groups in total. The minimum absolute atomic E-state index is 0.0722. The molecule has 10 heteroatoms. The lowest BCUT2D eigenvalue weighted by atomic mass is 9.95. The maximum Gasteiger partial charge on any atom is 0.435 e. The van der Waals surface area contributed by atoms with E-state index in [4.69, 9.17) is 10.5 Å². The SMILES string of the molecule is N#CC(C#N)=C(C#N)Nc1cc(F)ccc1-n1nc(C(F)(F)F)c2c1CCCC2. The fraction of sp³-hybridized carbons (Fsp3) is 0.263. The van der Waals surface area contributed by atoms with E-state index in [0.29, 0.717) is 25.0 Å². The zero-order valence-corrected chi connectivity index (χ0v) is 14.8. The van der Waals surface area contributed by atoms with E-state index >= 15 is 0 Å². The zero-order valence-electron chi connectivity index (χ0n) is 14.8. The summed E-state index contributed by atoms with van der Waals surface area (Å²) in [5.74, 6) is -0.721. The zero-order chi connectivity index (χ0) is 21.2. The normalized spacial score (nSPS) is 12.9. The molecule has 0 saturated heterocycles. The summed E-state index contributed by atoms with van der Waals surface area (Å²) >= 11 is 0. The Balaban J connectivity index is 2.21. The fourth-order valence-corrected chi connectivity index (χ4v) is 3.24. The number of anilines is 1. The number of aromatic nitrogens is 2. The van der Waals surface area contributed by atoms with Crippen LogP contribution in [0.5, 0.6) is 0 Å². The van der Waals surface area contributed by atoms with Gasteiger partial charge in [-0.05, 0) is 43.9 Å². The lowest BCUT2D eigenvalue weighted by Gasteiger charge is -2.17. The van der Waals surface area contributed by atoms with Crippen molar-refractivity contribution < 1.29 is 17.6 Å². The van der Waals surface area contributed by atoms with Crippen LogP contribution in [0.1, 0.15) is 29.8 Å². The monoisotopic (exact) mass is 400 g/mol. The highest BCUT2D eigenvalue weighted by atomic mass is 19.4. The van der Waals surface area contributed by atoms with Gasteiger partial charge in [0.1, 0.15) is 29.7 Å². The van der Waals surface area contributed by atoms with Gasteiger partial charge in [-0.1, -0.05) is 0 Å². The van der Waals surface area contributed by atoms with Gasteiger partial charge < -0.3 is 5.32 Å². The first-order valence-corrected chi connectivity index (χ1v) is 8.49. The number of alkyl halides is 3. The summed E-state index contributed by atoms with van der Waals surface area (Å²) in [6.45, 7) is 0. The summed E-state index contributed by atoms with van der Waals surface area (Å²) in [5.41, 5.74) is -1.53.